The number of aryl methyl sites for hydroxylation is 1. The zero-order valence-corrected chi connectivity index (χ0v) is 11.7. The van der Waals surface area contributed by atoms with Crippen molar-refractivity contribution in [2.45, 2.75) is 38.1 Å². The van der Waals surface area contributed by atoms with E-state index in [9.17, 15) is 0 Å². The van der Waals surface area contributed by atoms with Crippen LogP contribution in [0.3, 0.4) is 0 Å². The van der Waals surface area contributed by atoms with Gasteiger partial charge in [-0.3, -0.25) is 0 Å². The van der Waals surface area contributed by atoms with Crippen LogP contribution in [0.1, 0.15) is 37.2 Å². The quantitative estimate of drug-likeness (QED) is 0.763. The summed E-state index contributed by atoms with van der Waals surface area (Å²) in [5, 5.41) is 4.67. The lowest BCUT2D eigenvalue weighted by Crippen LogP contribution is -2.04. The average molecular weight is 277 g/mol. The van der Waals surface area contributed by atoms with Crippen LogP contribution in [-0.4, -0.2) is 20.5 Å². The van der Waals surface area contributed by atoms with Crippen molar-refractivity contribution >= 4 is 22.4 Å². The predicted octanol–water partition coefficient (Wildman–Crippen LogP) is 2.69. The summed E-state index contributed by atoms with van der Waals surface area (Å²) in [6, 6.07) is 0. The van der Waals surface area contributed by atoms with Crippen molar-refractivity contribution in [1.29, 1.82) is 0 Å². The second-order valence-electron chi connectivity index (χ2n) is 5.02. The average Bonchev–Trinajstić information content (AvgIpc) is 2.97. The second-order valence-corrected chi connectivity index (χ2v) is 5.79. The van der Waals surface area contributed by atoms with Gasteiger partial charge in [-0.05, 0) is 43.1 Å². The fourth-order valence-electron chi connectivity index (χ4n) is 2.24. The Bertz CT molecular complexity index is 515. The minimum atomic E-state index is 0.659. The Kier molecular flexibility index (Phi) is 3.68. The predicted molar refractivity (Wildman–Crippen MR) is 78.5 cm³/mol. The summed E-state index contributed by atoms with van der Waals surface area (Å²) >= 11 is 1.50. The van der Waals surface area contributed by atoms with Crippen LogP contribution in [0.25, 0.3) is 0 Å². The molecule has 2 aromatic rings. The molecule has 0 atom stereocenters. The molecule has 1 aliphatic carbocycles. The molecule has 102 valence electrons. The van der Waals surface area contributed by atoms with Gasteiger partial charge in [0.2, 0.25) is 0 Å². The summed E-state index contributed by atoms with van der Waals surface area (Å²) in [6.07, 6.45) is 10.5. The van der Waals surface area contributed by atoms with Gasteiger partial charge in [0.15, 0.2) is 0 Å². The highest BCUT2D eigenvalue weighted by Crippen LogP contribution is 2.47. The van der Waals surface area contributed by atoms with Gasteiger partial charge < -0.3 is 15.6 Å². The second kappa shape index (κ2) is 5.61. The van der Waals surface area contributed by atoms with Crippen LogP contribution in [-0.2, 0) is 6.54 Å². The normalized spacial score (nSPS) is 14.7. The fourth-order valence-corrected chi connectivity index (χ4v) is 3.07. The maximum atomic E-state index is 5.93. The molecule has 2 aromatic heterocycles. The first-order chi connectivity index (χ1) is 9.34. The van der Waals surface area contributed by atoms with E-state index < -0.39 is 0 Å². The molecule has 0 saturated heterocycles. The summed E-state index contributed by atoms with van der Waals surface area (Å²) in [5.74, 6) is 1.39. The molecule has 6 heteroatoms. The molecule has 0 amide bonds. The third-order valence-electron chi connectivity index (χ3n) is 3.43. The van der Waals surface area contributed by atoms with E-state index in [-0.39, 0.29) is 0 Å². The number of nitrogens with zero attached hydrogens (tertiary/aromatic N) is 3. The van der Waals surface area contributed by atoms with Crippen LogP contribution in [0.4, 0.5) is 10.8 Å². The zero-order chi connectivity index (χ0) is 13.1. The Hall–Kier alpha value is -1.56. The summed E-state index contributed by atoms with van der Waals surface area (Å²) in [6.45, 7) is 2.01. The van der Waals surface area contributed by atoms with Crippen LogP contribution < -0.4 is 11.1 Å². The van der Waals surface area contributed by atoms with Crippen LogP contribution in [0.5, 0.6) is 0 Å². The zero-order valence-electron chi connectivity index (χ0n) is 10.9. The first-order valence-corrected chi connectivity index (χ1v) is 7.56. The van der Waals surface area contributed by atoms with Crippen LogP contribution >= 0.6 is 11.5 Å². The molecule has 1 saturated carbocycles. The first-order valence-electron chi connectivity index (χ1n) is 6.79. The molecule has 0 spiro atoms. The van der Waals surface area contributed by atoms with Crippen LogP contribution in [0.15, 0.2) is 18.7 Å². The molecule has 19 heavy (non-hydrogen) atoms. The van der Waals surface area contributed by atoms with Gasteiger partial charge in [0.05, 0.1) is 6.33 Å². The maximum Gasteiger partial charge on any atom is 0.142 e. The van der Waals surface area contributed by atoms with Crippen molar-refractivity contribution in [2.24, 2.45) is 0 Å². The van der Waals surface area contributed by atoms with Crippen molar-refractivity contribution in [3.05, 3.63) is 24.3 Å². The van der Waals surface area contributed by atoms with E-state index in [1.54, 1.807) is 0 Å². The maximum absolute atomic E-state index is 5.93. The van der Waals surface area contributed by atoms with Gasteiger partial charge in [0.1, 0.15) is 10.8 Å². The summed E-state index contributed by atoms with van der Waals surface area (Å²) in [4.78, 5) is 4.04. The fraction of sp³-hybridized carbons (Fsp3) is 0.538. The molecule has 3 rings (SSSR count). The highest BCUT2D eigenvalue weighted by atomic mass is 32.1. The lowest BCUT2D eigenvalue weighted by Gasteiger charge is -2.06. The number of aromatic nitrogens is 3. The minimum absolute atomic E-state index is 0.659. The third kappa shape index (κ3) is 3.07. The van der Waals surface area contributed by atoms with Crippen molar-refractivity contribution in [3.8, 4) is 0 Å². The Balaban J connectivity index is 1.42. The highest BCUT2D eigenvalue weighted by Gasteiger charge is 2.30. The Labute approximate surface area is 117 Å². The monoisotopic (exact) mass is 277 g/mol. The van der Waals surface area contributed by atoms with Gasteiger partial charge in [-0.1, -0.05) is 0 Å². The van der Waals surface area contributed by atoms with Gasteiger partial charge in [0, 0.05) is 31.0 Å². The molecule has 5 nitrogen and oxygen atoms in total. The largest absolute Gasteiger partial charge is 0.383 e. The van der Waals surface area contributed by atoms with E-state index in [0.29, 0.717) is 5.92 Å². The molecule has 0 aliphatic heterocycles. The standard InChI is InChI=1S/C13H19N5S/c14-12-11(10-3-4-10)13(19-17-12)16-5-1-2-7-18-8-6-15-9-18/h6,8-10,16H,1-5,7H2,(H2,14,17). The lowest BCUT2D eigenvalue weighted by molar-refractivity contribution is 0.621. The van der Waals surface area contributed by atoms with Crippen LogP contribution in [0, 0.1) is 0 Å². The molecule has 0 bridgehead atoms. The molecular weight excluding hydrogens is 258 g/mol. The molecule has 2 heterocycles. The van der Waals surface area contributed by atoms with E-state index in [0.717, 1.165) is 31.7 Å². The van der Waals surface area contributed by atoms with Crippen molar-refractivity contribution in [2.75, 3.05) is 17.6 Å². The van der Waals surface area contributed by atoms with Crippen molar-refractivity contribution in [1.82, 2.24) is 13.9 Å². The Morgan fingerprint density at radius 2 is 2.32 bits per heavy atom. The molecule has 1 aliphatic rings. The number of anilines is 2. The Morgan fingerprint density at radius 1 is 1.42 bits per heavy atom. The number of hydrogen-bond acceptors (Lipinski definition) is 5. The Morgan fingerprint density at radius 3 is 3.05 bits per heavy atom. The summed E-state index contributed by atoms with van der Waals surface area (Å²) < 4.78 is 6.37. The molecule has 3 N–H and O–H groups in total. The molecule has 0 aromatic carbocycles. The molecule has 1 fully saturated rings. The number of nitrogens with one attached hydrogen (secondary N) is 1. The SMILES string of the molecule is Nc1nsc(NCCCCn2ccnc2)c1C1CC1. The van der Waals surface area contributed by atoms with E-state index in [4.69, 9.17) is 5.73 Å². The smallest absolute Gasteiger partial charge is 0.142 e. The summed E-state index contributed by atoms with van der Waals surface area (Å²) in [5.41, 5.74) is 7.19. The van der Waals surface area contributed by atoms with Gasteiger partial charge in [-0.2, -0.15) is 4.37 Å². The summed E-state index contributed by atoms with van der Waals surface area (Å²) in [7, 11) is 0. The first kappa shape index (κ1) is 12.5. The minimum Gasteiger partial charge on any atom is -0.383 e. The lowest BCUT2D eigenvalue weighted by atomic mass is 10.2. The number of nitrogen functional groups attached to an aromatic ring is 1. The molecular formula is C13H19N5S. The van der Waals surface area contributed by atoms with Gasteiger partial charge in [-0.15, -0.1) is 0 Å². The van der Waals surface area contributed by atoms with Gasteiger partial charge in [-0.25, -0.2) is 4.98 Å². The van der Waals surface area contributed by atoms with E-state index in [1.165, 1.54) is 34.9 Å². The third-order valence-corrected chi connectivity index (χ3v) is 4.26. The van der Waals surface area contributed by atoms with Gasteiger partial charge in [0.25, 0.3) is 0 Å². The molecule has 0 unspecified atom stereocenters. The van der Waals surface area contributed by atoms with E-state index in [2.05, 4.69) is 19.2 Å². The number of hydrogen-bond donors (Lipinski definition) is 2. The van der Waals surface area contributed by atoms with Crippen molar-refractivity contribution < 1.29 is 0 Å². The highest BCUT2D eigenvalue weighted by molar-refractivity contribution is 7.10. The van der Waals surface area contributed by atoms with Gasteiger partial charge >= 0.3 is 0 Å². The van der Waals surface area contributed by atoms with E-state index in [1.807, 2.05) is 18.7 Å². The number of rotatable bonds is 7. The number of imidazole rings is 1. The molecule has 0 radical (unpaired) electrons. The number of nitrogens with two attached hydrogens (primary N) is 1. The number of unbranched alkanes of at least 4 members (excludes halogenated alkanes) is 1. The van der Waals surface area contributed by atoms with Crippen molar-refractivity contribution in [3.63, 3.8) is 0 Å². The van der Waals surface area contributed by atoms with E-state index >= 15 is 0 Å². The van der Waals surface area contributed by atoms with Crippen LogP contribution in [0.2, 0.25) is 0 Å². The topological polar surface area (TPSA) is 68.8 Å².